The van der Waals surface area contributed by atoms with E-state index < -0.39 is 23.0 Å². The lowest BCUT2D eigenvalue weighted by Gasteiger charge is -2.07. The fourth-order valence-electron chi connectivity index (χ4n) is 1.56. The lowest BCUT2D eigenvalue weighted by atomic mass is 10.0. The molecule has 82 valence electrons. The summed E-state index contributed by atoms with van der Waals surface area (Å²) in [5, 5.41) is 37.7. The van der Waals surface area contributed by atoms with Crippen LogP contribution in [-0.2, 0) is 0 Å². The summed E-state index contributed by atoms with van der Waals surface area (Å²) in [7, 11) is 0. The molecule has 0 unspecified atom stereocenters. The van der Waals surface area contributed by atoms with Crippen LogP contribution < -0.4 is 0 Å². The largest absolute Gasteiger partial charge is 0.508 e. The zero-order chi connectivity index (χ0) is 11.9. The number of fused-ring (bicyclic) bond motifs is 1. The van der Waals surface area contributed by atoms with E-state index in [0.29, 0.717) is 5.39 Å². The predicted molar refractivity (Wildman–Crippen MR) is 55.9 cm³/mol. The molecule has 0 bridgehead atoms. The Balaban J connectivity index is 2.90. The van der Waals surface area contributed by atoms with Gasteiger partial charge in [-0.3, -0.25) is 0 Å². The van der Waals surface area contributed by atoms with Crippen molar-refractivity contribution in [2.45, 2.75) is 0 Å². The number of carboxylic acids is 1. The van der Waals surface area contributed by atoms with Crippen LogP contribution in [0.2, 0.25) is 0 Å². The molecule has 5 nitrogen and oxygen atoms in total. The van der Waals surface area contributed by atoms with Gasteiger partial charge in [0.15, 0.2) is 0 Å². The average molecular weight is 220 g/mol. The molecule has 0 saturated carbocycles. The predicted octanol–water partition coefficient (Wildman–Crippen LogP) is 1.65. The Hall–Kier alpha value is -2.43. The third-order valence-corrected chi connectivity index (χ3v) is 2.29. The van der Waals surface area contributed by atoms with Crippen molar-refractivity contribution in [2.24, 2.45) is 0 Å². The molecule has 0 saturated heterocycles. The molecular formula is C11H8O5. The second-order valence-electron chi connectivity index (χ2n) is 3.33. The van der Waals surface area contributed by atoms with Gasteiger partial charge in [-0.2, -0.15) is 0 Å². The summed E-state index contributed by atoms with van der Waals surface area (Å²) in [6.45, 7) is 0. The van der Waals surface area contributed by atoms with Crippen molar-refractivity contribution < 1.29 is 25.2 Å². The highest BCUT2D eigenvalue weighted by molar-refractivity contribution is 6.03. The van der Waals surface area contributed by atoms with Gasteiger partial charge in [-0.15, -0.1) is 0 Å². The van der Waals surface area contributed by atoms with Gasteiger partial charge >= 0.3 is 5.97 Å². The van der Waals surface area contributed by atoms with Gasteiger partial charge in [0.25, 0.3) is 0 Å². The fourth-order valence-corrected chi connectivity index (χ4v) is 1.56. The SMILES string of the molecule is O=C(O)c1c(O)cc2ccc(O)cc2c1O. The molecule has 0 aromatic heterocycles. The Bertz CT molecular complexity index is 588. The molecule has 5 heteroatoms. The van der Waals surface area contributed by atoms with E-state index in [1.165, 1.54) is 24.3 Å². The molecular weight excluding hydrogens is 212 g/mol. The molecule has 0 fully saturated rings. The number of rotatable bonds is 1. The third-order valence-electron chi connectivity index (χ3n) is 2.29. The van der Waals surface area contributed by atoms with Crippen molar-refractivity contribution in [1.82, 2.24) is 0 Å². The van der Waals surface area contributed by atoms with Crippen LogP contribution in [0, 0.1) is 0 Å². The van der Waals surface area contributed by atoms with Crippen LogP contribution in [0.1, 0.15) is 10.4 Å². The van der Waals surface area contributed by atoms with Gasteiger partial charge in [-0.25, -0.2) is 4.79 Å². The molecule has 0 amide bonds. The first kappa shape index (κ1) is 10.1. The molecule has 0 spiro atoms. The van der Waals surface area contributed by atoms with Crippen molar-refractivity contribution in [3.63, 3.8) is 0 Å². The number of carbonyl (C=O) groups is 1. The Morgan fingerprint density at radius 1 is 1.06 bits per heavy atom. The Morgan fingerprint density at radius 2 is 1.75 bits per heavy atom. The fraction of sp³-hybridized carbons (Fsp3) is 0. The summed E-state index contributed by atoms with van der Waals surface area (Å²) in [6, 6.07) is 5.30. The molecule has 16 heavy (non-hydrogen) atoms. The number of benzene rings is 2. The van der Waals surface area contributed by atoms with Crippen molar-refractivity contribution >= 4 is 16.7 Å². The van der Waals surface area contributed by atoms with E-state index >= 15 is 0 Å². The molecule has 0 radical (unpaired) electrons. The molecule has 0 heterocycles. The van der Waals surface area contributed by atoms with E-state index in [9.17, 15) is 20.1 Å². The maximum absolute atomic E-state index is 10.8. The quantitative estimate of drug-likeness (QED) is 0.585. The maximum Gasteiger partial charge on any atom is 0.343 e. The maximum atomic E-state index is 10.8. The highest BCUT2D eigenvalue weighted by atomic mass is 16.4. The topological polar surface area (TPSA) is 98.0 Å². The van der Waals surface area contributed by atoms with E-state index in [1.807, 2.05) is 0 Å². The Kier molecular flexibility index (Phi) is 2.09. The Labute approximate surface area is 89.8 Å². The summed E-state index contributed by atoms with van der Waals surface area (Å²) < 4.78 is 0. The van der Waals surface area contributed by atoms with E-state index in [4.69, 9.17) is 5.11 Å². The van der Waals surface area contributed by atoms with Crippen LogP contribution in [-0.4, -0.2) is 26.4 Å². The molecule has 0 aliphatic heterocycles. The molecule has 2 aromatic rings. The van der Waals surface area contributed by atoms with Crippen LogP contribution in [0.25, 0.3) is 10.8 Å². The number of carboxylic acid groups (broad SMARTS) is 1. The summed E-state index contributed by atoms with van der Waals surface area (Å²) in [5.74, 6) is -2.59. The zero-order valence-corrected chi connectivity index (χ0v) is 8.01. The van der Waals surface area contributed by atoms with Crippen molar-refractivity contribution in [3.05, 3.63) is 29.8 Å². The van der Waals surface area contributed by atoms with Crippen LogP contribution in [0.5, 0.6) is 17.2 Å². The van der Waals surface area contributed by atoms with Gasteiger partial charge in [0, 0.05) is 5.39 Å². The summed E-state index contributed by atoms with van der Waals surface area (Å²) in [4.78, 5) is 10.8. The first-order chi connectivity index (χ1) is 7.50. The Morgan fingerprint density at radius 3 is 2.38 bits per heavy atom. The van der Waals surface area contributed by atoms with Crippen LogP contribution >= 0.6 is 0 Å². The summed E-state index contributed by atoms with van der Waals surface area (Å²) in [5.41, 5.74) is -0.571. The molecule has 0 atom stereocenters. The molecule has 0 aliphatic rings. The molecule has 0 aliphatic carbocycles. The van der Waals surface area contributed by atoms with E-state index in [0.717, 1.165) is 0 Å². The lowest BCUT2D eigenvalue weighted by molar-refractivity contribution is 0.0691. The van der Waals surface area contributed by atoms with Crippen molar-refractivity contribution in [3.8, 4) is 17.2 Å². The normalized spacial score (nSPS) is 10.5. The molecule has 2 rings (SSSR count). The summed E-state index contributed by atoms with van der Waals surface area (Å²) in [6.07, 6.45) is 0. The number of aromatic hydroxyl groups is 3. The van der Waals surface area contributed by atoms with Crippen LogP contribution in [0.4, 0.5) is 0 Å². The van der Waals surface area contributed by atoms with Crippen molar-refractivity contribution in [2.75, 3.05) is 0 Å². The smallest absolute Gasteiger partial charge is 0.343 e. The minimum atomic E-state index is -1.43. The number of hydrogen-bond acceptors (Lipinski definition) is 4. The van der Waals surface area contributed by atoms with E-state index in [2.05, 4.69) is 0 Å². The van der Waals surface area contributed by atoms with Gasteiger partial charge in [0.2, 0.25) is 0 Å². The van der Waals surface area contributed by atoms with Gasteiger partial charge in [-0.1, -0.05) is 6.07 Å². The van der Waals surface area contributed by atoms with Gasteiger partial charge in [0.05, 0.1) is 0 Å². The number of phenolic OH excluding ortho intramolecular Hbond substituents is 1. The van der Waals surface area contributed by atoms with Crippen LogP contribution in [0.15, 0.2) is 24.3 Å². The highest BCUT2D eigenvalue weighted by Gasteiger charge is 2.18. The standard InChI is InChI=1S/C11H8O5/c12-6-2-1-5-3-8(13)9(11(15)16)10(14)7(5)4-6/h1-4,12-14H,(H,15,16). The average Bonchev–Trinajstić information content (AvgIpc) is 2.19. The minimum absolute atomic E-state index is 0.0928. The van der Waals surface area contributed by atoms with Gasteiger partial charge in [-0.05, 0) is 23.6 Å². The minimum Gasteiger partial charge on any atom is -0.508 e. The lowest BCUT2D eigenvalue weighted by Crippen LogP contribution is -1.97. The van der Waals surface area contributed by atoms with E-state index in [-0.39, 0.29) is 11.1 Å². The number of phenols is 3. The second-order valence-corrected chi connectivity index (χ2v) is 3.33. The molecule has 4 N–H and O–H groups in total. The first-order valence-corrected chi connectivity index (χ1v) is 4.41. The molecule has 2 aromatic carbocycles. The number of aromatic carboxylic acids is 1. The summed E-state index contributed by atoms with van der Waals surface area (Å²) >= 11 is 0. The first-order valence-electron chi connectivity index (χ1n) is 4.41. The van der Waals surface area contributed by atoms with E-state index in [1.54, 1.807) is 0 Å². The third kappa shape index (κ3) is 1.38. The van der Waals surface area contributed by atoms with Gasteiger partial charge < -0.3 is 20.4 Å². The monoisotopic (exact) mass is 220 g/mol. The highest BCUT2D eigenvalue weighted by Crippen LogP contribution is 2.36. The van der Waals surface area contributed by atoms with Crippen molar-refractivity contribution in [1.29, 1.82) is 0 Å². The van der Waals surface area contributed by atoms with Crippen LogP contribution in [0.3, 0.4) is 0 Å². The second kappa shape index (κ2) is 3.30. The van der Waals surface area contributed by atoms with Gasteiger partial charge in [0.1, 0.15) is 22.8 Å². The zero-order valence-electron chi connectivity index (χ0n) is 8.01. The number of hydrogen-bond donors (Lipinski definition) is 4.